The Kier molecular flexibility index (Phi) is 6.52. The molecule has 5 nitrogen and oxygen atoms in total. The number of likely N-dealkylation sites (tertiary alicyclic amines) is 1. The van der Waals surface area contributed by atoms with Crippen LogP contribution in [-0.4, -0.2) is 43.7 Å². The van der Waals surface area contributed by atoms with Gasteiger partial charge in [0.25, 0.3) is 0 Å². The average Bonchev–Trinajstić information content (AvgIpc) is 2.53. The first-order valence-corrected chi connectivity index (χ1v) is 8.12. The Morgan fingerprint density at radius 2 is 2.18 bits per heavy atom. The molecule has 1 aliphatic heterocycles. The molecule has 0 aliphatic carbocycles. The minimum atomic E-state index is -0.184. The summed E-state index contributed by atoms with van der Waals surface area (Å²) in [4.78, 5) is 14.4. The number of rotatable bonds is 6. The largest absolute Gasteiger partial charge is 0.495 e. The third-order valence-corrected chi connectivity index (χ3v) is 4.20. The molecule has 1 aliphatic rings. The minimum absolute atomic E-state index is 0.184. The van der Waals surface area contributed by atoms with Gasteiger partial charge in [-0.3, -0.25) is 0 Å². The zero-order chi connectivity index (χ0) is 15.8. The number of piperidine rings is 1. The second-order valence-electron chi connectivity index (χ2n) is 5.82. The molecule has 2 rings (SSSR count). The van der Waals surface area contributed by atoms with E-state index in [1.807, 2.05) is 24.3 Å². The molecule has 122 valence electrons. The number of carbonyl (C=O) groups excluding carboxylic acids is 1. The van der Waals surface area contributed by atoms with Gasteiger partial charge in [-0.1, -0.05) is 18.6 Å². The van der Waals surface area contributed by atoms with Gasteiger partial charge < -0.3 is 20.3 Å². The highest BCUT2D eigenvalue weighted by molar-refractivity contribution is 5.90. The number of anilines is 1. The Morgan fingerprint density at radius 1 is 1.36 bits per heavy atom. The van der Waals surface area contributed by atoms with E-state index in [0.717, 1.165) is 13.0 Å². The lowest BCUT2D eigenvalue weighted by Crippen LogP contribution is -2.39. The molecule has 1 fully saturated rings. The number of methoxy groups -OCH3 is 1. The van der Waals surface area contributed by atoms with Crippen molar-refractivity contribution in [3.8, 4) is 5.75 Å². The Bertz CT molecular complexity index is 479. The predicted molar refractivity (Wildman–Crippen MR) is 89.5 cm³/mol. The summed E-state index contributed by atoms with van der Waals surface area (Å²) >= 11 is 0. The first-order valence-electron chi connectivity index (χ1n) is 8.12. The maximum atomic E-state index is 11.9. The normalized spacial score (nSPS) is 18.7. The molecule has 1 aromatic carbocycles. The van der Waals surface area contributed by atoms with Gasteiger partial charge in [-0.15, -0.1) is 0 Å². The number of ether oxygens (including phenoxy) is 1. The molecule has 0 bridgehead atoms. The second-order valence-corrected chi connectivity index (χ2v) is 5.82. The zero-order valence-corrected chi connectivity index (χ0v) is 13.6. The molecular formula is C17H27N3O2. The van der Waals surface area contributed by atoms with Crippen LogP contribution in [0.3, 0.4) is 0 Å². The van der Waals surface area contributed by atoms with Gasteiger partial charge in [0.1, 0.15) is 5.75 Å². The van der Waals surface area contributed by atoms with Crippen LogP contribution in [0.4, 0.5) is 10.5 Å². The molecule has 0 aromatic heterocycles. The number of hydrogen-bond acceptors (Lipinski definition) is 3. The highest BCUT2D eigenvalue weighted by Gasteiger charge is 2.17. The van der Waals surface area contributed by atoms with Gasteiger partial charge in [-0.25, -0.2) is 4.79 Å². The summed E-state index contributed by atoms with van der Waals surface area (Å²) in [6.07, 6.45) is 4.91. The van der Waals surface area contributed by atoms with E-state index in [9.17, 15) is 4.79 Å². The Hall–Kier alpha value is -1.75. The topological polar surface area (TPSA) is 53.6 Å². The zero-order valence-electron chi connectivity index (χ0n) is 13.6. The lowest BCUT2D eigenvalue weighted by atomic mass is 10.0. The summed E-state index contributed by atoms with van der Waals surface area (Å²) in [6.45, 7) is 5.22. The lowest BCUT2D eigenvalue weighted by Gasteiger charge is -2.33. The van der Waals surface area contributed by atoms with Crippen LogP contribution in [0.2, 0.25) is 0 Å². The molecule has 1 saturated heterocycles. The fraction of sp³-hybridized carbons (Fsp3) is 0.588. The molecule has 22 heavy (non-hydrogen) atoms. The van der Waals surface area contributed by atoms with Gasteiger partial charge in [0.05, 0.1) is 12.8 Å². The molecule has 1 atom stereocenters. The number of nitrogens with one attached hydrogen (secondary N) is 2. The number of hydrogen-bond donors (Lipinski definition) is 2. The summed E-state index contributed by atoms with van der Waals surface area (Å²) in [5, 5.41) is 5.72. The molecular weight excluding hydrogens is 278 g/mol. The van der Waals surface area contributed by atoms with Crippen LogP contribution in [-0.2, 0) is 0 Å². The molecule has 0 radical (unpaired) electrons. The molecule has 2 amide bonds. The fourth-order valence-electron chi connectivity index (χ4n) is 2.89. The van der Waals surface area contributed by atoms with Crippen molar-refractivity contribution < 1.29 is 9.53 Å². The van der Waals surface area contributed by atoms with E-state index < -0.39 is 0 Å². The average molecular weight is 305 g/mol. The van der Waals surface area contributed by atoms with Crippen LogP contribution in [0.5, 0.6) is 5.75 Å². The summed E-state index contributed by atoms with van der Waals surface area (Å²) < 4.78 is 5.21. The molecule has 0 saturated carbocycles. The Labute approximate surface area is 133 Å². The van der Waals surface area contributed by atoms with Crippen molar-refractivity contribution in [1.82, 2.24) is 10.2 Å². The number of amides is 2. The number of urea groups is 1. The lowest BCUT2D eigenvalue weighted by molar-refractivity contribution is 0.159. The first kappa shape index (κ1) is 16.6. The van der Waals surface area contributed by atoms with Crippen molar-refractivity contribution in [2.75, 3.05) is 32.1 Å². The van der Waals surface area contributed by atoms with E-state index in [-0.39, 0.29) is 6.03 Å². The monoisotopic (exact) mass is 305 g/mol. The number of para-hydroxylation sites is 2. The van der Waals surface area contributed by atoms with Crippen molar-refractivity contribution in [3.63, 3.8) is 0 Å². The standard InChI is InChI=1S/C17H27N3O2/c1-14-8-5-6-12-20(14)13-7-11-18-17(21)19-15-9-3-4-10-16(15)22-2/h3-4,9-10,14H,5-8,11-13H2,1-2H3,(H2,18,19,21). The molecule has 1 heterocycles. The van der Waals surface area contributed by atoms with Crippen LogP contribution in [0.15, 0.2) is 24.3 Å². The summed E-state index contributed by atoms with van der Waals surface area (Å²) in [6, 6.07) is 7.89. The van der Waals surface area contributed by atoms with Gasteiger partial charge in [0, 0.05) is 19.1 Å². The molecule has 1 aromatic rings. The molecule has 2 N–H and O–H groups in total. The van der Waals surface area contributed by atoms with E-state index in [2.05, 4.69) is 22.5 Å². The summed E-state index contributed by atoms with van der Waals surface area (Å²) in [7, 11) is 1.60. The smallest absolute Gasteiger partial charge is 0.319 e. The van der Waals surface area contributed by atoms with Crippen LogP contribution in [0.1, 0.15) is 32.6 Å². The van der Waals surface area contributed by atoms with Crippen molar-refractivity contribution in [2.45, 2.75) is 38.6 Å². The maximum Gasteiger partial charge on any atom is 0.319 e. The SMILES string of the molecule is COc1ccccc1NC(=O)NCCCN1CCCCC1C. The number of nitrogens with zero attached hydrogens (tertiary/aromatic N) is 1. The fourth-order valence-corrected chi connectivity index (χ4v) is 2.89. The van der Waals surface area contributed by atoms with Crippen LogP contribution >= 0.6 is 0 Å². The maximum absolute atomic E-state index is 11.9. The molecule has 1 unspecified atom stereocenters. The second kappa shape index (κ2) is 8.63. The summed E-state index contributed by atoms with van der Waals surface area (Å²) in [5.41, 5.74) is 0.687. The summed E-state index contributed by atoms with van der Waals surface area (Å²) in [5.74, 6) is 0.666. The number of benzene rings is 1. The molecule has 5 heteroatoms. The van der Waals surface area contributed by atoms with E-state index >= 15 is 0 Å². The van der Waals surface area contributed by atoms with Gasteiger partial charge in [0.2, 0.25) is 0 Å². The third-order valence-electron chi connectivity index (χ3n) is 4.20. The quantitative estimate of drug-likeness (QED) is 0.794. The Balaban J connectivity index is 1.67. The third kappa shape index (κ3) is 4.91. The van der Waals surface area contributed by atoms with Crippen molar-refractivity contribution >= 4 is 11.7 Å². The van der Waals surface area contributed by atoms with E-state index in [4.69, 9.17) is 4.74 Å². The van der Waals surface area contributed by atoms with Crippen molar-refractivity contribution in [3.05, 3.63) is 24.3 Å². The van der Waals surface area contributed by atoms with E-state index in [1.54, 1.807) is 7.11 Å². The van der Waals surface area contributed by atoms with Crippen LogP contribution in [0, 0.1) is 0 Å². The number of carbonyl (C=O) groups is 1. The van der Waals surface area contributed by atoms with Crippen molar-refractivity contribution in [1.29, 1.82) is 0 Å². The van der Waals surface area contributed by atoms with E-state index in [1.165, 1.54) is 25.8 Å². The van der Waals surface area contributed by atoms with Gasteiger partial charge in [-0.05, 0) is 44.9 Å². The minimum Gasteiger partial charge on any atom is -0.495 e. The van der Waals surface area contributed by atoms with Gasteiger partial charge >= 0.3 is 6.03 Å². The van der Waals surface area contributed by atoms with Crippen molar-refractivity contribution in [2.24, 2.45) is 0 Å². The Morgan fingerprint density at radius 3 is 2.95 bits per heavy atom. The van der Waals surface area contributed by atoms with E-state index in [0.29, 0.717) is 24.0 Å². The van der Waals surface area contributed by atoms with Crippen LogP contribution < -0.4 is 15.4 Å². The highest BCUT2D eigenvalue weighted by atomic mass is 16.5. The molecule has 0 spiro atoms. The predicted octanol–water partition coefficient (Wildman–Crippen LogP) is 3.08. The van der Waals surface area contributed by atoms with Crippen LogP contribution in [0.25, 0.3) is 0 Å². The van der Waals surface area contributed by atoms with Gasteiger partial charge in [-0.2, -0.15) is 0 Å². The first-order chi connectivity index (χ1) is 10.7. The highest BCUT2D eigenvalue weighted by Crippen LogP contribution is 2.22. The van der Waals surface area contributed by atoms with Gasteiger partial charge in [0.15, 0.2) is 0 Å².